The molecule has 0 fully saturated rings. The monoisotopic (exact) mass is 1690 g/mol. The van der Waals surface area contributed by atoms with Crippen LogP contribution in [-0.2, 0) is 5.41 Å². The minimum absolute atomic E-state index is 0.141. The van der Waals surface area contributed by atoms with Gasteiger partial charge in [-0.15, -0.1) is 0 Å². The van der Waals surface area contributed by atoms with Crippen LogP contribution in [0.5, 0.6) is 0 Å². The van der Waals surface area contributed by atoms with Crippen LogP contribution in [0.2, 0.25) is 0 Å². The summed E-state index contributed by atoms with van der Waals surface area (Å²) in [6, 6.07) is 148. The summed E-state index contributed by atoms with van der Waals surface area (Å²) in [6.07, 6.45) is 0. The minimum Gasteiger partial charge on any atom is -0.251 e. The molecule has 132 heavy (non-hydrogen) atoms. The number of nitrogens with zero attached hydrogens (tertiary/aromatic N) is 12. The van der Waals surface area contributed by atoms with Crippen LogP contribution in [-0.4, -0.2) is 59.8 Å². The highest BCUT2D eigenvalue weighted by Gasteiger charge is 2.24. The third-order valence-corrected chi connectivity index (χ3v) is 23.9. The Morgan fingerprint density at radius 3 is 0.780 bits per heavy atom. The largest absolute Gasteiger partial charge is 0.251 e. The van der Waals surface area contributed by atoms with Crippen LogP contribution >= 0.6 is 0 Å². The molecular formula is C120H86N12. The van der Waals surface area contributed by atoms with Crippen LogP contribution in [0, 0.1) is 13.8 Å². The molecule has 14 aromatic carbocycles. The maximum absolute atomic E-state index is 5.27. The lowest BCUT2D eigenvalue weighted by Gasteiger charge is -2.21. The lowest BCUT2D eigenvalue weighted by Crippen LogP contribution is -2.14. The molecule has 23 rings (SSSR count). The summed E-state index contributed by atoms with van der Waals surface area (Å²) in [7, 11) is 0. The maximum atomic E-state index is 5.27. The van der Waals surface area contributed by atoms with E-state index in [1.165, 1.54) is 5.56 Å². The standard InChI is InChI=1S/C45H35N3.C41H28N4.C34H23N5/c1-45(2,3)42-29-38(37-25-23-35-24-26-39(32-15-9-5-10-16-32)47-43(35)44(37)48-42)31-19-21-34(22-20-31)41-28-36(30-13-7-4-8-14-30)27-40(46-41)33-17-11-6-12-18-33;1-27-25-35(34-23-21-32-22-24-36(29-11-5-2-6-12-29)43-39(32)40(34)42-27)28-17-19-31(20-18-28)38-26-37(30-13-7-3-8-14-30)44-41(45-38)33-15-9-4-10-16-33;1-22-21-28(27-19-17-24-18-20-29(23-11-5-2-6-12-23)36-30(24)31(27)35-22)34-38-32(25-13-7-3-8-14-25)37-33(39-34)26-15-9-4-10-16-26/h4-29H,1-3H3;2-26H,1H3;2-21H,1H3. The number of rotatable bonds is 14. The average molecular weight is 1700 g/mol. The van der Waals surface area contributed by atoms with Crippen molar-refractivity contribution in [3.63, 3.8) is 0 Å². The van der Waals surface area contributed by atoms with Crippen LogP contribution < -0.4 is 0 Å². The zero-order valence-electron chi connectivity index (χ0n) is 73.4. The third-order valence-electron chi connectivity index (χ3n) is 23.9. The Morgan fingerprint density at radius 2 is 0.424 bits per heavy atom. The molecule has 12 heteroatoms. The first-order valence-corrected chi connectivity index (χ1v) is 44.4. The van der Waals surface area contributed by atoms with Crippen LogP contribution in [0.1, 0.15) is 37.9 Å². The van der Waals surface area contributed by atoms with Gasteiger partial charge in [0.2, 0.25) is 0 Å². The Morgan fingerprint density at radius 1 is 0.159 bits per heavy atom. The fourth-order valence-corrected chi connectivity index (χ4v) is 17.1. The van der Waals surface area contributed by atoms with E-state index in [0.29, 0.717) is 23.3 Å². The zero-order chi connectivity index (χ0) is 89.0. The quantitative estimate of drug-likeness (QED) is 0.0952. The van der Waals surface area contributed by atoms with Crippen molar-refractivity contribution in [1.82, 2.24) is 59.8 Å². The highest BCUT2D eigenvalue weighted by atomic mass is 15.0. The molecule has 0 aliphatic carbocycles. The molecule has 9 aromatic heterocycles. The fraction of sp³-hybridized carbons (Fsp3) is 0.0500. The summed E-state index contributed by atoms with van der Waals surface area (Å²) in [5, 5.41) is 6.33. The van der Waals surface area contributed by atoms with E-state index in [1.807, 2.05) is 166 Å². The number of pyridine rings is 7. The van der Waals surface area contributed by atoms with Crippen molar-refractivity contribution in [2.75, 3.05) is 0 Å². The normalized spacial score (nSPS) is 11.4. The lowest BCUT2D eigenvalue weighted by atomic mass is 9.88. The Bertz CT molecular complexity index is 8010. The summed E-state index contributed by atoms with van der Waals surface area (Å²) in [5.74, 6) is 2.58. The van der Waals surface area contributed by atoms with Gasteiger partial charge in [0.1, 0.15) is 0 Å². The fourth-order valence-electron chi connectivity index (χ4n) is 17.1. The first-order valence-electron chi connectivity index (χ1n) is 44.4. The van der Waals surface area contributed by atoms with E-state index >= 15 is 0 Å². The van der Waals surface area contributed by atoms with E-state index in [-0.39, 0.29) is 5.41 Å². The molecule has 0 atom stereocenters. The number of aromatic nitrogens is 12. The second-order valence-electron chi connectivity index (χ2n) is 34.0. The van der Waals surface area contributed by atoms with Gasteiger partial charge in [0.05, 0.1) is 73.0 Å². The number of hydrogen-bond donors (Lipinski definition) is 0. The highest BCUT2D eigenvalue weighted by Crippen LogP contribution is 2.42. The second-order valence-corrected chi connectivity index (χ2v) is 34.0. The lowest BCUT2D eigenvalue weighted by molar-refractivity contribution is 0.572. The van der Waals surface area contributed by atoms with Crippen LogP contribution in [0.4, 0.5) is 0 Å². The average Bonchev–Trinajstić information content (AvgIpc) is 0.753. The van der Waals surface area contributed by atoms with E-state index in [4.69, 9.17) is 59.8 Å². The summed E-state index contributed by atoms with van der Waals surface area (Å²) < 4.78 is 0. The van der Waals surface area contributed by atoms with Crippen molar-refractivity contribution in [3.05, 3.63) is 448 Å². The van der Waals surface area contributed by atoms with E-state index in [0.717, 1.165) is 211 Å². The van der Waals surface area contributed by atoms with Gasteiger partial charge in [-0.3, -0.25) is 9.97 Å². The summed E-state index contributed by atoms with van der Waals surface area (Å²) in [5.41, 5.74) is 32.8. The summed E-state index contributed by atoms with van der Waals surface area (Å²) in [4.78, 5) is 60.4. The predicted octanol–water partition coefficient (Wildman–Crippen LogP) is 30.0. The van der Waals surface area contributed by atoms with E-state index in [1.54, 1.807) is 0 Å². The van der Waals surface area contributed by atoms with Gasteiger partial charge in [-0.1, -0.05) is 397 Å². The van der Waals surface area contributed by atoms with E-state index in [9.17, 15) is 0 Å². The highest BCUT2D eigenvalue weighted by molar-refractivity contribution is 6.11. The third kappa shape index (κ3) is 17.1. The van der Waals surface area contributed by atoms with Gasteiger partial charge in [-0.25, -0.2) is 49.8 Å². The van der Waals surface area contributed by atoms with Gasteiger partial charge in [0.15, 0.2) is 23.3 Å². The van der Waals surface area contributed by atoms with Crippen molar-refractivity contribution in [2.24, 2.45) is 0 Å². The Balaban J connectivity index is 0.000000120. The number of fused-ring (bicyclic) bond motifs is 9. The molecule has 9 heterocycles. The maximum Gasteiger partial charge on any atom is 0.164 e. The molecule has 0 aliphatic heterocycles. The molecule has 626 valence electrons. The molecule has 0 N–H and O–H groups in total. The van der Waals surface area contributed by atoms with Crippen molar-refractivity contribution < 1.29 is 0 Å². The Labute approximate surface area is 765 Å². The second kappa shape index (κ2) is 35.9. The minimum atomic E-state index is -0.141. The van der Waals surface area contributed by atoms with Gasteiger partial charge in [0, 0.05) is 116 Å². The van der Waals surface area contributed by atoms with Gasteiger partial charge in [0.25, 0.3) is 0 Å². The molecule has 0 unspecified atom stereocenters. The molecule has 0 bridgehead atoms. The Kier molecular flexibility index (Phi) is 22.2. The topological polar surface area (TPSA) is 155 Å². The summed E-state index contributed by atoms with van der Waals surface area (Å²) >= 11 is 0. The molecule has 0 radical (unpaired) electrons. The number of benzene rings is 14. The molecule has 0 spiro atoms. The van der Waals surface area contributed by atoms with Crippen molar-refractivity contribution in [1.29, 1.82) is 0 Å². The number of aryl methyl sites for hydroxylation is 2. The smallest absolute Gasteiger partial charge is 0.164 e. The SMILES string of the molecule is CC(C)(C)c1cc(-c2ccc(-c3cc(-c4ccccc4)cc(-c4ccccc4)n3)cc2)c2ccc3ccc(-c4ccccc4)nc3c2n1.Cc1cc(-c2ccc(-c3cc(-c4ccccc4)nc(-c4ccccc4)n3)cc2)c2ccc3ccc(-c4ccccc4)nc3c2n1.Cc1cc(-c2nc(-c3ccccc3)nc(-c3ccccc3)n2)c2ccc3ccc(-c4ccccc4)nc3c2n1. The first-order chi connectivity index (χ1) is 64.8. The van der Waals surface area contributed by atoms with Crippen LogP contribution in [0.3, 0.4) is 0 Å². The van der Waals surface area contributed by atoms with Gasteiger partial charge < -0.3 is 0 Å². The van der Waals surface area contributed by atoms with E-state index < -0.39 is 0 Å². The van der Waals surface area contributed by atoms with Crippen molar-refractivity contribution in [2.45, 2.75) is 40.0 Å². The van der Waals surface area contributed by atoms with Crippen molar-refractivity contribution >= 4 is 65.4 Å². The Hall–Kier alpha value is -17.2. The van der Waals surface area contributed by atoms with Crippen LogP contribution in [0.15, 0.2) is 431 Å². The molecule has 0 saturated carbocycles. The molecule has 0 saturated heterocycles. The number of hydrogen-bond acceptors (Lipinski definition) is 12. The molecular weight excluding hydrogens is 1610 g/mol. The molecule has 12 nitrogen and oxygen atoms in total. The summed E-state index contributed by atoms with van der Waals surface area (Å²) in [6.45, 7) is 10.7. The molecule has 0 aliphatic rings. The first kappa shape index (κ1) is 81.8. The zero-order valence-corrected chi connectivity index (χ0v) is 73.4. The van der Waals surface area contributed by atoms with E-state index in [2.05, 4.69) is 300 Å². The van der Waals surface area contributed by atoms with Gasteiger partial charge in [-0.2, -0.15) is 0 Å². The van der Waals surface area contributed by atoms with Crippen molar-refractivity contribution in [3.8, 4) is 158 Å². The van der Waals surface area contributed by atoms with Gasteiger partial charge >= 0.3 is 0 Å². The van der Waals surface area contributed by atoms with Gasteiger partial charge in [-0.05, 0) is 102 Å². The molecule has 23 aromatic rings. The molecule has 0 amide bonds. The van der Waals surface area contributed by atoms with Crippen LogP contribution in [0.25, 0.3) is 223 Å². The predicted molar refractivity (Wildman–Crippen MR) is 542 cm³/mol.